The Bertz CT molecular complexity index is 265. The van der Waals surface area contributed by atoms with Crippen molar-refractivity contribution in [3.8, 4) is 0 Å². The van der Waals surface area contributed by atoms with Crippen LogP contribution in [0.15, 0.2) is 11.6 Å². The Balaban J connectivity index is 1.93. The van der Waals surface area contributed by atoms with E-state index in [1.54, 1.807) is 0 Å². The second-order valence-corrected chi connectivity index (χ2v) is 5.00. The Kier molecular flexibility index (Phi) is 2.48. The largest absolute Gasteiger partial charge is 0.370 e. The Morgan fingerprint density at radius 2 is 2.43 bits per heavy atom. The van der Waals surface area contributed by atoms with Crippen LogP contribution in [0.3, 0.4) is 0 Å². The lowest BCUT2D eigenvalue weighted by Gasteiger charge is -2.56. The van der Waals surface area contributed by atoms with Gasteiger partial charge < -0.3 is 9.53 Å². The number of allylic oxidation sites excluding steroid dienone is 1. The Morgan fingerprint density at radius 3 is 3.00 bits per heavy atom. The molecule has 0 radical (unpaired) electrons. The van der Waals surface area contributed by atoms with Crippen LogP contribution < -0.4 is 0 Å². The molecule has 3 aliphatic carbocycles. The van der Waals surface area contributed by atoms with Crippen LogP contribution in [-0.2, 0) is 9.53 Å². The molecule has 0 aromatic heterocycles. The number of rotatable bonds is 4. The third-order valence-electron chi connectivity index (χ3n) is 4.04. The lowest BCUT2D eigenvalue weighted by Crippen LogP contribution is -2.48. The van der Waals surface area contributed by atoms with Gasteiger partial charge in [0.25, 0.3) is 0 Å². The van der Waals surface area contributed by atoms with Crippen LogP contribution in [-0.4, -0.2) is 19.5 Å². The molecule has 2 heteroatoms. The first-order valence-electron chi connectivity index (χ1n) is 5.36. The molecular formula is C12H18O2. The van der Waals surface area contributed by atoms with Crippen LogP contribution in [0, 0.1) is 17.3 Å². The van der Waals surface area contributed by atoms with E-state index in [1.165, 1.54) is 18.4 Å². The molecule has 0 unspecified atom stereocenters. The molecule has 0 aromatic carbocycles. The first-order chi connectivity index (χ1) is 6.66. The second-order valence-electron chi connectivity index (χ2n) is 5.00. The quantitative estimate of drug-likeness (QED) is 0.389. The van der Waals surface area contributed by atoms with Crippen molar-refractivity contribution < 1.29 is 9.53 Å². The van der Waals surface area contributed by atoms with Crippen LogP contribution >= 0.6 is 0 Å². The number of aldehydes is 1. The predicted octanol–water partition coefficient (Wildman–Crippen LogP) is 2.19. The molecule has 0 N–H and O–H groups in total. The highest BCUT2D eigenvalue weighted by atomic mass is 16.5. The number of ether oxygens (including phenoxy) is 1. The molecule has 0 heterocycles. The number of hydrogen-bond acceptors (Lipinski definition) is 2. The molecule has 0 spiro atoms. The molecule has 1 fully saturated rings. The fourth-order valence-electron chi connectivity index (χ4n) is 2.87. The molecule has 0 amide bonds. The first kappa shape index (κ1) is 9.91. The summed E-state index contributed by atoms with van der Waals surface area (Å²) in [6, 6.07) is 0. The fraction of sp³-hybridized carbons (Fsp3) is 0.750. The molecule has 3 aliphatic rings. The van der Waals surface area contributed by atoms with Crippen LogP contribution in [0.25, 0.3) is 0 Å². The summed E-state index contributed by atoms with van der Waals surface area (Å²) in [4.78, 5) is 10.1. The molecule has 0 aliphatic heterocycles. The van der Waals surface area contributed by atoms with E-state index in [4.69, 9.17) is 4.74 Å². The maximum absolute atomic E-state index is 10.1. The van der Waals surface area contributed by atoms with E-state index in [1.807, 2.05) is 0 Å². The molecule has 2 nitrogen and oxygen atoms in total. The molecular weight excluding hydrogens is 176 g/mol. The van der Waals surface area contributed by atoms with Gasteiger partial charge in [-0.15, -0.1) is 0 Å². The number of hydrogen-bond donors (Lipinski definition) is 0. The van der Waals surface area contributed by atoms with Crippen LogP contribution in [0.2, 0.25) is 0 Å². The fourth-order valence-corrected chi connectivity index (χ4v) is 2.87. The Morgan fingerprint density at radius 1 is 1.64 bits per heavy atom. The highest BCUT2D eigenvalue weighted by Gasteiger charge is 2.50. The highest BCUT2D eigenvalue weighted by Crippen LogP contribution is 2.59. The summed E-state index contributed by atoms with van der Waals surface area (Å²) >= 11 is 0. The second kappa shape index (κ2) is 3.50. The smallest absolute Gasteiger partial charge is 0.145 e. The van der Waals surface area contributed by atoms with Crippen molar-refractivity contribution in [2.75, 3.05) is 13.2 Å². The molecule has 2 bridgehead atoms. The average molecular weight is 194 g/mol. The summed E-state index contributed by atoms with van der Waals surface area (Å²) in [6.45, 7) is 5.57. The maximum Gasteiger partial charge on any atom is 0.145 e. The summed E-state index contributed by atoms with van der Waals surface area (Å²) in [6.07, 6.45) is 5.65. The zero-order chi connectivity index (χ0) is 10.2. The molecule has 14 heavy (non-hydrogen) atoms. The zero-order valence-electron chi connectivity index (χ0n) is 8.95. The SMILES string of the molecule is CC1(C)[C@H]2CC=C(COCC=O)[C@@H]1C2. The summed E-state index contributed by atoms with van der Waals surface area (Å²) in [5.74, 6) is 1.58. The van der Waals surface area contributed by atoms with E-state index >= 15 is 0 Å². The average Bonchev–Trinajstić information content (AvgIpc) is 2.18. The third-order valence-corrected chi connectivity index (χ3v) is 4.04. The minimum absolute atomic E-state index is 0.230. The minimum atomic E-state index is 0.230. The van der Waals surface area contributed by atoms with Gasteiger partial charge in [0.15, 0.2) is 0 Å². The van der Waals surface area contributed by atoms with Gasteiger partial charge in [-0.25, -0.2) is 0 Å². The third kappa shape index (κ3) is 1.42. The number of carbonyl (C=O) groups is 1. The van der Waals surface area contributed by atoms with E-state index in [0.29, 0.717) is 17.9 Å². The van der Waals surface area contributed by atoms with E-state index in [9.17, 15) is 4.79 Å². The van der Waals surface area contributed by atoms with Gasteiger partial charge >= 0.3 is 0 Å². The lowest BCUT2D eigenvalue weighted by molar-refractivity contribution is -0.111. The van der Waals surface area contributed by atoms with Crippen molar-refractivity contribution >= 4 is 6.29 Å². The first-order valence-corrected chi connectivity index (χ1v) is 5.36. The molecule has 78 valence electrons. The number of fused-ring (bicyclic) bond motifs is 1. The van der Waals surface area contributed by atoms with Gasteiger partial charge in [0.1, 0.15) is 12.9 Å². The van der Waals surface area contributed by atoms with Crippen molar-refractivity contribution in [2.24, 2.45) is 17.3 Å². The van der Waals surface area contributed by atoms with Gasteiger partial charge in [-0.2, -0.15) is 0 Å². The summed E-state index contributed by atoms with van der Waals surface area (Å²) in [7, 11) is 0. The van der Waals surface area contributed by atoms with Crippen molar-refractivity contribution in [3.63, 3.8) is 0 Å². The van der Waals surface area contributed by atoms with Gasteiger partial charge in [-0.05, 0) is 35.7 Å². The molecule has 0 saturated heterocycles. The van der Waals surface area contributed by atoms with Crippen LogP contribution in [0.5, 0.6) is 0 Å². The minimum Gasteiger partial charge on any atom is -0.370 e. The van der Waals surface area contributed by atoms with E-state index in [2.05, 4.69) is 19.9 Å². The monoisotopic (exact) mass is 194 g/mol. The van der Waals surface area contributed by atoms with Crippen molar-refractivity contribution in [1.29, 1.82) is 0 Å². The molecule has 1 saturated carbocycles. The van der Waals surface area contributed by atoms with Gasteiger partial charge in [0.2, 0.25) is 0 Å². The van der Waals surface area contributed by atoms with E-state index < -0.39 is 0 Å². The lowest BCUT2D eigenvalue weighted by atomic mass is 9.49. The standard InChI is InChI=1S/C12H18O2/c1-12(2)10-4-3-9(11(12)7-10)8-14-6-5-13/h3,5,10-11H,4,6-8H2,1-2H3/t10-,11-/m0/s1. The number of carbonyl (C=O) groups excluding carboxylic acids is 1. The Hall–Kier alpha value is -0.630. The van der Waals surface area contributed by atoms with Gasteiger partial charge in [-0.3, -0.25) is 0 Å². The summed E-state index contributed by atoms with van der Waals surface area (Å²) < 4.78 is 5.27. The summed E-state index contributed by atoms with van der Waals surface area (Å²) in [5.41, 5.74) is 1.88. The van der Waals surface area contributed by atoms with Crippen molar-refractivity contribution in [2.45, 2.75) is 26.7 Å². The van der Waals surface area contributed by atoms with E-state index in [0.717, 1.165) is 12.2 Å². The predicted molar refractivity (Wildman–Crippen MR) is 55.0 cm³/mol. The van der Waals surface area contributed by atoms with Gasteiger partial charge in [0.05, 0.1) is 6.61 Å². The molecule has 3 rings (SSSR count). The normalized spacial score (nSPS) is 33.1. The highest BCUT2D eigenvalue weighted by molar-refractivity contribution is 5.50. The maximum atomic E-state index is 10.1. The van der Waals surface area contributed by atoms with Gasteiger partial charge in [0, 0.05) is 0 Å². The van der Waals surface area contributed by atoms with Crippen molar-refractivity contribution in [1.82, 2.24) is 0 Å². The molecule has 2 atom stereocenters. The summed E-state index contributed by atoms with van der Waals surface area (Å²) in [5, 5.41) is 0. The van der Waals surface area contributed by atoms with Gasteiger partial charge in [-0.1, -0.05) is 19.9 Å². The van der Waals surface area contributed by atoms with Crippen LogP contribution in [0.1, 0.15) is 26.7 Å². The topological polar surface area (TPSA) is 26.3 Å². The van der Waals surface area contributed by atoms with Crippen LogP contribution in [0.4, 0.5) is 0 Å². The molecule has 0 aromatic rings. The Labute approximate surface area is 85.3 Å². The van der Waals surface area contributed by atoms with E-state index in [-0.39, 0.29) is 6.61 Å². The van der Waals surface area contributed by atoms with Crippen molar-refractivity contribution in [3.05, 3.63) is 11.6 Å². The zero-order valence-corrected chi connectivity index (χ0v) is 8.95.